The number of hydrogen-bond donors (Lipinski definition) is 1. The van der Waals surface area contributed by atoms with Gasteiger partial charge in [-0.15, -0.1) is 0 Å². The third-order valence-corrected chi connectivity index (χ3v) is 3.78. The van der Waals surface area contributed by atoms with E-state index in [9.17, 15) is 9.59 Å². The summed E-state index contributed by atoms with van der Waals surface area (Å²) < 4.78 is 0. The number of hydrogen-bond acceptors (Lipinski definition) is 3. The SMILES string of the molecule is CCN(CC(=O)N(C)C)C(=O)CCC1CCNCC1. The average Bonchev–Trinajstić information content (AvgIpc) is 2.42. The minimum Gasteiger partial charge on any atom is -0.347 e. The van der Waals surface area contributed by atoms with Crippen LogP contribution in [0.3, 0.4) is 0 Å². The summed E-state index contributed by atoms with van der Waals surface area (Å²) in [5.41, 5.74) is 0. The molecule has 1 N–H and O–H groups in total. The molecule has 0 aromatic heterocycles. The van der Waals surface area contributed by atoms with E-state index in [1.807, 2.05) is 6.92 Å². The Morgan fingerprint density at radius 3 is 2.32 bits per heavy atom. The molecule has 0 aromatic carbocycles. The van der Waals surface area contributed by atoms with Crippen molar-refractivity contribution >= 4 is 11.8 Å². The number of nitrogens with zero attached hydrogens (tertiary/aromatic N) is 2. The lowest BCUT2D eigenvalue weighted by atomic mass is 9.93. The van der Waals surface area contributed by atoms with E-state index in [1.165, 1.54) is 4.90 Å². The second kappa shape index (κ2) is 8.15. The van der Waals surface area contributed by atoms with Crippen molar-refractivity contribution in [2.45, 2.75) is 32.6 Å². The van der Waals surface area contributed by atoms with Gasteiger partial charge in [-0.1, -0.05) is 0 Å². The maximum absolute atomic E-state index is 12.1. The van der Waals surface area contributed by atoms with Crippen LogP contribution >= 0.6 is 0 Å². The molecule has 110 valence electrons. The zero-order chi connectivity index (χ0) is 14.3. The molecule has 1 rings (SSSR count). The van der Waals surface area contributed by atoms with Crippen LogP contribution in [0, 0.1) is 5.92 Å². The Morgan fingerprint density at radius 1 is 1.16 bits per heavy atom. The van der Waals surface area contributed by atoms with Gasteiger partial charge in [0.25, 0.3) is 0 Å². The monoisotopic (exact) mass is 269 g/mol. The predicted molar refractivity (Wildman–Crippen MR) is 75.8 cm³/mol. The lowest BCUT2D eigenvalue weighted by Crippen LogP contribution is -2.40. The van der Waals surface area contributed by atoms with Gasteiger partial charge in [0, 0.05) is 27.1 Å². The maximum atomic E-state index is 12.1. The van der Waals surface area contributed by atoms with Crippen LogP contribution < -0.4 is 5.32 Å². The van der Waals surface area contributed by atoms with Crippen LogP contribution in [-0.2, 0) is 9.59 Å². The van der Waals surface area contributed by atoms with Crippen molar-refractivity contribution in [3.63, 3.8) is 0 Å². The van der Waals surface area contributed by atoms with Gasteiger partial charge in [0.1, 0.15) is 0 Å². The molecule has 1 aliphatic heterocycles. The van der Waals surface area contributed by atoms with Crippen molar-refractivity contribution in [2.75, 3.05) is 40.3 Å². The van der Waals surface area contributed by atoms with Gasteiger partial charge < -0.3 is 15.1 Å². The highest BCUT2D eigenvalue weighted by Gasteiger charge is 2.19. The van der Waals surface area contributed by atoms with E-state index in [2.05, 4.69) is 5.32 Å². The molecule has 0 radical (unpaired) electrons. The van der Waals surface area contributed by atoms with Crippen molar-refractivity contribution in [3.05, 3.63) is 0 Å². The fourth-order valence-corrected chi connectivity index (χ4v) is 2.34. The van der Waals surface area contributed by atoms with Crippen molar-refractivity contribution < 1.29 is 9.59 Å². The van der Waals surface area contributed by atoms with Crippen molar-refractivity contribution in [1.29, 1.82) is 0 Å². The van der Waals surface area contributed by atoms with Crippen LogP contribution in [0.15, 0.2) is 0 Å². The quantitative estimate of drug-likeness (QED) is 0.772. The first kappa shape index (κ1) is 16.0. The highest BCUT2D eigenvalue weighted by atomic mass is 16.2. The van der Waals surface area contributed by atoms with E-state index in [1.54, 1.807) is 19.0 Å². The molecule has 2 amide bonds. The van der Waals surface area contributed by atoms with Crippen molar-refractivity contribution in [3.8, 4) is 0 Å². The predicted octanol–water partition coefficient (Wildman–Crippen LogP) is 0.703. The van der Waals surface area contributed by atoms with Gasteiger partial charge in [-0.05, 0) is 45.2 Å². The smallest absolute Gasteiger partial charge is 0.241 e. The number of piperidine rings is 1. The van der Waals surface area contributed by atoms with E-state index < -0.39 is 0 Å². The van der Waals surface area contributed by atoms with Crippen molar-refractivity contribution in [1.82, 2.24) is 15.1 Å². The first-order chi connectivity index (χ1) is 9.04. The molecule has 19 heavy (non-hydrogen) atoms. The minimum atomic E-state index is -0.0166. The van der Waals surface area contributed by atoms with Gasteiger partial charge in [-0.3, -0.25) is 9.59 Å². The Labute approximate surface area is 116 Å². The topological polar surface area (TPSA) is 52.7 Å². The molecule has 1 heterocycles. The Morgan fingerprint density at radius 2 is 1.79 bits per heavy atom. The molecule has 5 heteroatoms. The third-order valence-electron chi connectivity index (χ3n) is 3.78. The minimum absolute atomic E-state index is 0.0166. The standard InChI is InChI=1S/C14H27N3O2/c1-4-17(11-14(19)16(2)3)13(18)6-5-12-7-9-15-10-8-12/h12,15H,4-11H2,1-3H3. The highest BCUT2D eigenvalue weighted by Crippen LogP contribution is 2.18. The van der Waals surface area contributed by atoms with Crippen LogP contribution in [-0.4, -0.2) is 61.9 Å². The highest BCUT2D eigenvalue weighted by molar-refractivity contribution is 5.84. The molecule has 0 aromatic rings. The summed E-state index contributed by atoms with van der Waals surface area (Å²) in [5, 5.41) is 3.33. The Balaban J connectivity index is 2.34. The molecule has 0 saturated carbocycles. The summed E-state index contributed by atoms with van der Waals surface area (Å²) in [6.07, 6.45) is 3.85. The fourth-order valence-electron chi connectivity index (χ4n) is 2.34. The summed E-state index contributed by atoms with van der Waals surface area (Å²) in [7, 11) is 3.44. The zero-order valence-electron chi connectivity index (χ0n) is 12.4. The number of amides is 2. The van der Waals surface area contributed by atoms with Crippen LogP contribution in [0.4, 0.5) is 0 Å². The summed E-state index contributed by atoms with van der Waals surface area (Å²) in [4.78, 5) is 26.9. The molecule has 1 saturated heterocycles. The van der Waals surface area contributed by atoms with Gasteiger partial charge in [0.05, 0.1) is 6.54 Å². The van der Waals surface area contributed by atoms with Crippen LogP contribution in [0.5, 0.6) is 0 Å². The molecule has 0 unspecified atom stereocenters. The second-order valence-electron chi connectivity index (χ2n) is 5.43. The first-order valence-electron chi connectivity index (χ1n) is 7.23. The van der Waals surface area contributed by atoms with Gasteiger partial charge in [-0.2, -0.15) is 0 Å². The van der Waals surface area contributed by atoms with E-state index in [-0.39, 0.29) is 18.4 Å². The first-order valence-corrected chi connectivity index (χ1v) is 7.23. The van der Waals surface area contributed by atoms with E-state index >= 15 is 0 Å². The number of carbonyl (C=O) groups is 2. The van der Waals surface area contributed by atoms with Crippen LogP contribution in [0.25, 0.3) is 0 Å². The Kier molecular flexibility index (Phi) is 6.84. The summed E-state index contributed by atoms with van der Waals surface area (Å²) >= 11 is 0. The van der Waals surface area contributed by atoms with Crippen molar-refractivity contribution in [2.24, 2.45) is 5.92 Å². The Bertz CT molecular complexity index is 299. The molecular formula is C14H27N3O2. The number of nitrogens with one attached hydrogen (secondary N) is 1. The third kappa shape index (κ3) is 5.59. The zero-order valence-corrected chi connectivity index (χ0v) is 12.4. The summed E-state index contributed by atoms with van der Waals surface area (Å²) in [6, 6.07) is 0. The summed E-state index contributed by atoms with van der Waals surface area (Å²) in [6.45, 7) is 4.86. The summed E-state index contributed by atoms with van der Waals surface area (Å²) in [5.74, 6) is 0.752. The van der Waals surface area contributed by atoms with Gasteiger partial charge in [0.2, 0.25) is 11.8 Å². The molecule has 5 nitrogen and oxygen atoms in total. The molecule has 0 atom stereocenters. The largest absolute Gasteiger partial charge is 0.347 e. The number of carbonyl (C=O) groups excluding carboxylic acids is 2. The Hall–Kier alpha value is -1.10. The van der Waals surface area contributed by atoms with E-state index in [0.29, 0.717) is 18.9 Å². The lowest BCUT2D eigenvalue weighted by molar-refractivity contribution is -0.139. The number of rotatable bonds is 6. The molecule has 0 aliphatic carbocycles. The molecule has 0 bridgehead atoms. The molecule has 1 fully saturated rings. The molecule has 1 aliphatic rings. The maximum Gasteiger partial charge on any atom is 0.241 e. The average molecular weight is 269 g/mol. The second-order valence-corrected chi connectivity index (χ2v) is 5.43. The normalized spacial score (nSPS) is 16.2. The molecular weight excluding hydrogens is 242 g/mol. The van der Waals surface area contributed by atoms with Gasteiger partial charge in [-0.25, -0.2) is 0 Å². The van der Waals surface area contributed by atoms with E-state index in [0.717, 1.165) is 32.4 Å². The molecule has 0 spiro atoms. The van der Waals surface area contributed by atoms with Crippen LogP contribution in [0.1, 0.15) is 32.6 Å². The number of likely N-dealkylation sites (N-methyl/N-ethyl adjacent to an activating group) is 2. The lowest BCUT2D eigenvalue weighted by Gasteiger charge is -2.25. The van der Waals surface area contributed by atoms with E-state index in [4.69, 9.17) is 0 Å². The van der Waals surface area contributed by atoms with Gasteiger partial charge in [0.15, 0.2) is 0 Å². The fraction of sp³-hybridized carbons (Fsp3) is 0.857. The van der Waals surface area contributed by atoms with Gasteiger partial charge >= 0.3 is 0 Å². The van der Waals surface area contributed by atoms with Crippen LogP contribution in [0.2, 0.25) is 0 Å².